The molecule has 1 aromatic rings. The molecule has 0 saturated heterocycles. The van der Waals surface area contributed by atoms with Gasteiger partial charge in [-0.15, -0.1) is 0 Å². The van der Waals surface area contributed by atoms with Gasteiger partial charge >= 0.3 is 6.03 Å². The third kappa shape index (κ3) is 3.86. The number of nitrogens with one attached hydrogen (secondary N) is 2. The van der Waals surface area contributed by atoms with Crippen molar-refractivity contribution in [2.45, 2.75) is 26.3 Å². The molecule has 5 nitrogen and oxygen atoms in total. The molecule has 0 unspecified atom stereocenters. The van der Waals surface area contributed by atoms with E-state index in [0.717, 1.165) is 11.3 Å². The van der Waals surface area contributed by atoms with Crippen molar-refractivity contribution in [2.75, 3.05) is 11.9 Å². The Balaban J connectivity index is 2.49. The number of aliphatic hydroxyl groups excluding tert-OH is 1. The number of rotatable bonds is 4. The van der Waals surface area contributed by atoms with Crippen LogP contribution in [0.2, 0.25) is 0 Å². The number of hydrogen-bond donors (Lipinski definition) is 3. The fourth-order valence-electron chi connectivity index (χ4n) is 1.26. The van der Waals surface area contributed by atoms with Crippen LogP contribution in [0, 0.1) is 6.92 Å². The summed E-state index contributed by atoms with van der Waals surface area (Å²) in [6, 6.07) is 1.42. The van der Waals surface area contributed by atoms with Gasteiger partial charge in [0, 0.05) is 30.7 Å². The lowest BCUT2D eigenvalue weighted by Gasteiger charge is -2.14. The monoisotopic (exact) mass is 223 g/mol. The Morgan fingerprint density at radius 2 is 2.38 bits per heavy atom. The molecular weight excluding hydrogens is 206 g/mol. The molecule has 0 fully saturated rings. The predicted molar refractivity (Wildman–Crippen MR) is 62.3 cm³/mol. The number of aromatic nitrogens is 1. The molecule has 1 rings (SSSR count). The number of carbonyl (C=O) groups is 1. The van der Waals surface area contributed by atoms with Gasteiger partial charge in [-0.1, -0.05) is 0 Å². The van der Waals surface area contributed by atoms with Crippen molar-refractivity contribution in [1.82, 2.24) is 10.3 Å². The molecule has 0 radical (unpaired) electrons. The second kappa shape index (κ2) is 6.07. The minimum absolute atomic E-state index is 0.0489. The van der Waals surface area contributed by atoms with E-state index < -0.39 is 0 Å². The van der Waals surface area contributed by atoms with Crippen LogP contribution >= 0.6 is 0 Å². The van der Waals surface area contributed by atoms with E-state index in [1.54, 1.807) is 18.5 Å². The van der Waals surface area contributed by atoms with Crippen LogP contribution in [-0.2, 0) is 0 Å². The second-order valence-electron chi connectivity index (χ2n) is 3.70. The smallest absolute Gasteiger partial charge is 0.319 e. The van der Waals surface area contributed by atoms with E-state index in [0.29, 0.717) is 6.42 Å². The van der Waals surface area contributed by atoms with Gasteiger partial charge in [0.2, 0.25) is 0 Å². The van der Waals surface area contributed by atoms with E-state index in [-0.39, 0.29) is 18.7 Å². The summed E-state index contributed by atoms with van der Waals surface area (Å²) >= 11 is 0. The lowest BCUT2D eigenvalue weighted by molar-refractivity contribution is 0.241. The zero-order chi connectivity index (χ0) is 12.0. The second-order valence-corrected chi connectivity index (χ2v) is 3.70. The Kier molecular flexibility index (Phi) is 4.72. The van der Waals surface area contributed by atoms with Gasteiger partial charge < -0.3 is 15.7 Å². The largest absolute Gasteiger partial charge is 0.396 e. The Morgan fingerprint density at radius 3 is 3.00 bits per heavy atom. The molecule has 0 aliphatic carbocycles. The highest BCUT2D eigenvalue weighted by atomic mass is 16.3. The lowest BCUT2D eigenvalue weighted by Crippen LogP contribution is -2.36. The molecule has 16 heavy (non-hydrogen) atoms. The summed E-state index contributed by atoms with van der Waals surface area (Å²) < 4.78 is 0. The van der Waals surface area contributed by atoms with Gasteiger partial charge in [0.25, 0.3) is 0 Å². The normalized spacial score (nSPS) is 11.9. The molecule has 0 aliphatic heterocycles. The molecule has 1 atom stereocenters. The third-order valence-electron chi connectivity index (χ3n) is 2.21. The van der Waals surface area contributed by atoms with Gasteiger partial charge in [-0.05, 0) is 31.9 Å². The van der Waals surface area contributed by atoms with Gasteiger partial charge in [-0.2, -0.15) is 0 Å². The molecule has 1 heterocycles. The number of urea groups is 1. The maximum Gasteiger partial charge on any atom is 0.319 e. The van der Waals surface area contributed by atoms with Crippen LogP contribution in [0.1, 0.15) is 18.9 Å². The summed E-state index contributed by atoms with van der Waals surface area (Å²) in [6.45, 7) is 3.78. The average Bonchev–Trinajstić information content (AvgIpc) is 2.21. The molecule has 0 aliphatic rings. The van der Waals surface area contributed by atoms with Crippen molar-refractivity contribution in [1.29, 1.82) is 0 Å². The van der Waals surface area contributed by atoms with Crippen LogP contribution in [0.4, 0.5) is 10.5 Å². The molecule has 0 aromatic carbocycles. The number of aliphatic hydroxyl groups is 1. The number of carbonyl (C=O) groups excluding carboxylic acids is 1. The maximum absolute atomic E-state index is 11.5. The Morgan fingerprint density at radius 1 is 1.62 bits per heavy atom. The van der Waals surface area contributed by atoms with E-state index in [2.05, 4.69) is 15.6 Å². The van der Waals surface area contributed by atoms with E-state index in [4.69, 9.17) is 5.11 Å². The molecular formula is C11H17N3O2. The lowest BCUT2D eigenvalue weighted by atomic mass is 10.2. The summed E-state index contributed by atoms with van der Waals surface area (Å²) in [5.74, 6) is 0. The van der Waals surface area contributed by atoms with Crippen molar-refractivity contribution in [3.05, 3.63) is 24.0 Å². The van der Waals surface area contributed by atoms with Gasteiger partial charge in [0.1, 0.15) is 0 Å². The van der Waals surface area contributed by atoms with Crippen LogP contribution < -0.4 is 10.6 Å². The molecule has 0 saturated carbocycles. The van der Waals surface area contributed by atoms with Crippen LogP contribution in [0.15, 0.2) is 18.5 Å². The van der Waals surface area contributed by atoms with Crippen molar-refractivity contribution >= 4 is 11.7 Å². The first-order valence-electron chi connectivity index (χ1n) is 5.22. The Hall–Kier alpha value is -1.62. The summed E-state index contributed by atoms with van der Waals surface area (Å²) in [6.07, 6.45) is 3.86. The van der Waals surface area contributed by atoms with Crippen molar-refractivity contribution < 1.29 is 9.90 Å². The molecule has 2 amide bonds. The first-order chi connectivity index (χ1) is 7.63. The Bertz CT molecular complexity index is 355. The van der Waals surface area contributed by atoms with Crippen molar-refractivity contribution in [3.63, 3.8) is 0 Å². The molecule has 5 heteroatoms. The summed E-state index contributed by atoms with van der Waals surface area (Å²) in [7, 11) is 0. The van der Waals surface area contributed by atoms with Crippen LogP contribution in [-0.4, -0.2) is 28.8 Å². The highest BCUT2D eigenvalue weighted by molar-refractivity contribution is 5.90. The average molecular weight is 223 g/mol. The van der Waals surface area contributed by atoms with Gasteiger partial charge in [0.05, 0.1) is 0 Å². The number of nitrogens with zero attached hydrogens (tertiary/aromatic N) is 1. The van der Waals surface area contributed by atoms with Crippen molar-refractivity contribution in [2.24, 2.45) is 0 Å². The third-order valence-corrected chi connectivity index (χ3v) is 2.21. The summed E-state index contributed by atoms with van der Waals surface area (Å²) in [4.78, 5) is 15.5. The fraction of sp³-hybridized carbons (Fsp3) is 0.455. The summed E-state index contributed by atoms with van der Waals surface area (Å²) in [5, 5.41) is 14.2. The SMILES string of the molecule is Cc1cnccc1NC(=O)N[C@H](C)CCO. The van der Waals surface area contributed by atoms with Crippen LogP contribution in [0.3, 0.4) is 0 Å². The van der Waals surface area contributed by atoms with E-state index in [1.807, 2.05) is 13.8 Å². The van der Waals surface area contributed by atoms with E-state index in [1.165, 1.54) is 0 Å². The van der Waals surface area contributed by atoms with Gasteiger partial charge in [-0.3, -0.25) is 4.98 Å². The highest BCUT2D eigenvalue weighted by Crippen LogP contribution is 2.11. The fourth-order valence-corrected chi connectivity index (χ4v) is 1.26. The topological polar surface area (TPSA) is 74.2 Å². The standard InChI is InChI=1S/C11H17N3O2/c1-8-7-12-5-3-10(8)14-11(16)13-9(2)4-6-15/h3,5,7,9,15H,4,6H2,1-2H3,(H2,12,13,14,16)/t9-/m1/s1. The number of pyridine rings is 1. The van der Waals surface area contributed by atoms with Crippen LogP contribution in [0.25, 0.3) is 0 Å². The van der Waals surface area contributed by atoms with Crippen LogP contribution in [0.5, 0.6) is 0 Å². The first kappa shape index (κ1) is 12.4. The zero-order valence-electron chi connectivity index (χ0n) is 9.53. The van der Waals surface area contributed by atoms with E-state index >= 15 is 0 Å². The predicted octanol–water partition coefficient (Wildman–Crippen LogP) is 1.28. The van der Waals surface area contributed by atoms with Gasteiger partial charge in [-0.25, -0.2) is 4.79 Å². The highest BCUT2D eigenvalue weighted by Gasteiger charge is 2.07. The first-order valence-corrected chi connectivity index (χ1v) is 5.22. The van der Waals surface area contributed by atoms with E-state index in [9.17, 15) is 4.79 Å². The minimum atomic E-state index is -0.268. The number of aryl methyl sites for hydroxylation is 1. The van der Waals surface area contributed by atoms with Gasteiger partial charge in [0.15, 0.2) is 0 Å². The molecule has 3 N–H and O–H groups in total. The number of amides is 2. The minimum Gasteiger partial charge on any atom is -0.396 e. The Labute approximate surface area is 94.9 Å². The maximum atomic E-state index is 11.5. The summed E-state index contributed by atoms with van der Waals surface area (Å²) in [5.41, 5.74) is 1.65. The van der Waals surface area contributed by atoms with Crippen molar-refractivity contribution in [3.8, 4) is 0 Å². The molecule has 1 aromatic heterocycles. The quantitative estimate of drug-likeness (QED) is 0.720. The number of hydrogen-bond acceptors (Lipinski definition) is 3. The molecule has 0 spiro atoms. The number of anilines is 1. The zero-order valence-corrected chi connectivity index (χ0v) is 9.53. The molecule has 88 valence electrons. The molecule has 0 bridgehead atoms.